The Balaban J connectivity index is 1.54. The van der Waals surface area contributed by atoms with Crippen molar-refractivity contribution < 1.29 is 23.4 Å². The van der Waals surface area contributed by atoms with Crippen molar-refractivity contribution in [3.63, 3.8) is 0 Å². The van der Waals surface area contributed by atoms with Crippen LogP contribution in [0, 0.1) is 18.8 Å². The first kappa shape index (κ1) is 23.6. The van der Waals surface area contributed by atoms with Crippen LogP contribution in [0.1, 0.15) is 21.6 Å². The molecule has 0 aliphatic carbocycles. The van der Waals surface area contributed by atoms with Gasteiger partial charge in [0.2, 0.25) is 0 Å². The molecule has 0 fully saturated rings. The van der Waals surface area contributed by atoms with E-state index in [0.29, 0.717) is 26.8 Å². The third-order valence-electron chi connectivity index (χ3n) is 5.12. The highest BCUT2D eigenvalue weighted by Crippen LogP contribution is 2.27. The van der Waals surface area contributed by atoms with Crippen LogP contribution in [0.5, 0.6) is 5.75 Å². The van der Waals surface area contributed by atoms with Gasteiger partial charge in [0.25, 0.3) is 10.0 Å². The Labute approximate surface area is 201 Å². The van der Waals surface area contributed by atoms with Crippen molar-refractivity contribution in [3.05, 3.63) is 76.3 Å². The van der Waals surface area contributed by atoms with Crippen molar-refractivity contribution in [3.8, 4) is 17.6 Å². The summed E-state index contributed by atoms with van der Waals surface area (Å²) in [6, 6.07) is 12.1. The second-order valence-electron chi connectivity index (χ2n) is 7.73. The number of sulfonamides is 1. The number of benzene rings is 2. The number of hydrogen-bond donors (Lipinski definition) is 4. The van der Waals surface area contributed by atoms with Gasteiger partial charge in [-0.15, -0.1) is 11.3 Å². The maximum atomic E-state index is 12.9. The molecule has 0 saturated heterocycles. The highest BCUT2D eigenvalue weighted by molar-refractivity contribution is 7.91. The molecule has 0 spiro atoms. The van der Waals surface area contributed by atoms with Crippen LogP contribution in [-0.4, -0.2) is 43.5 Å². The molecule has 4 aromatic rings. The summed E-state index contributed by atoms with van der Waals surface area (Å²) in [5.74, 6) is 4.51. The number of phenols is 1. The molecule has 2 heterocycles. The second kappa shape index (κ2) is 9.39. The van der Waals surface area contributed by atoms with E-state index in [0.717, 1.165) is 22.5 Å². The molecule has 2 aromatic carbocycles. The zero-order chi connectivity index (χ0) is 24.5. The van der Waals surface area contributed by atoms with E-state index in [2.05, 4.69) is 21.5 Å². The number of thiophene rings is 1. The van der Waals surface area contributed by atoms with Crippen LogP contribution in [0.15, 0.2) is 58.9 Å². The molecular weight excluding hydrogens is 471 g/mol. The first-order chi connectivity index (χ1) is 16.1. The van der Waals surface area contributed by atoms with Crippen molar-refractivity contribution in [2.24, 2.45) is 0 Å². The molecule has 170 valence electrons. The minimum Gasteiger partial charge on any atom is -0.506 e. The minimum absolute atomic E-state index is 0.0345. The van der Waals surface area contributed by atoms with Crippen LogP contribution in [0.4, 0.5) is 0 Å². The van der Waals surface area contributed by atoms with Gasteiger partial charge in [-0.1, -0.05) is 41.1 Å². The van der Waals surface area contributed by atoms with E-state index in [4.69, 9.17) is 7.85 Å². The smallest absolute Gasteiger partial charge is 0.322 e. The van der Waals surface area contributed by atoms with Gasteiger partial charge in [0.15, 0.2) is 0 Å². The number of aromatic hydroxyl groups is 1. The number of fused-ring (bicyclic) bond motifs is 1. The number of aromatic nitrogens is 1. The van der Waals surface area contributed by atoms with E-state index in [1.165, 1.54) is 18.3 Å². The second-order valence-corrected chi connectivity index (χ2v) is 10.8. The lowest BCUT2D eigenvalue weighted by atomic mass is 9.93. The number of carboxylic acids is 1. The quantitative estimate of drug-likeness (QED) is 0.245. The Bertz CT molecular complexity index is 1540. The molecule has 0 aliphatic heterocycles. The summed E-state index contributed by atoms with van der Waals surface area (Å²) in [6.45, 7) is 1.98. The van der Waals surface area contributed by atoms with Gasteiger partial charge in [0.1, 0.15) is 23.8 Å². The van der Waals surface area contributed by atoms with E-state index in [-0.39, 0.29) is 16.4 Å². The highest BCUT2D eigenvalue weighted by atomic mass is 32.2. The summed E-state index contributed by atoms with van der Waals surface area (Å²) >= 11 is 0.958. The predicted octanol–water partition coefficient (Wildman–Crippen LogP) is 2.41. The Hall–Kier alpha value is -3.52. The van der Waals surface area contributed by atoms with E-state index in [9.17, 15) is 23.4 Å². The highest BCUT2D eigenvalue weighted by Gasteiger charge is 2.28. The van der Waals surface area contributed by atoms with Crippen LogP contribution in [0.25, 0.3) is 10.9 Å². The van der Waals surface area contributed by atoms with Gasteiger partial charge >= 0.3 is 5.97 Å². The van der Waals surface area contributed by atoms with E-state index >= 15 is 0 Å². The number of carboxylic acid groups (broad SMARTS) is 1. The molecule has 0 bridgehead atoms. The number of carbonyl (C=O) groups is 1. The number of aromatic amines is 1. The summed E-state index contributed by atoms with van der Waals surface area (Å²) in [5, 5.41) is 20.2. The van der Waals surface area contributed by atoms with Crippen molar-refractivity contribution >= 4 is 51.5 Å². The summed E-state index contributed by atoms with van der Waals surface area (Å²) < 4.78 is 28.0. The van der Waals surface area contributed by atoms with Crippen LogP contribution < -0.4 is 10.2 Å². The summed E-state index contributed by atoms with van der Waals surface area (Å²) in [6.07, 6.45) is 1.38. The van der Waals surface area contributed by atoms with Crippen LogP contribution >= 0.6 is 11.3 Å². The lowest BCUT2D eigenvalue weighted by molar-refractivity contribution is -0.138. The first-order valence-corrected chi connectivity index (χ1v) is 12.4. The maximum Gasteiger partial charge on any atom is 0.322 e. The Morgan fingerprint density at radius 3 is 2.62 bits per heavy atom. The molecule has 10 heteroatoms. The van der Waals surface area contributed by atoms with Gasteiger partial charge in [0, 0.05) is 23.6 Å². The van der Waals surface area contributed by atoms with Crippen molar-refractivity contribution in [2.75, 3.05) is 0 Å². The predicted molar refractivity (Wildman–Crippen MR) is 132 cm³/mol. The Morgan fingerprint density at radius 1 is 1.18 bits per heavy atom. The number of aryl methyl sites for hydroxylation is 1. The van der Waals surface area contributed by atoms with Crippen molar-refractivity contribution in [1.29, 1.82) is 0 Å². The van der Waals surface area contributed by atoms with Gasteiger partial charge in [-0.25, -0.2) is 8.42 Å². The average Bonchev–Trinajstić information content (AvgIpc) is 3.41. The number of hydrogen-bond acceptors (Lipinski definition) is 5. The summed E-state index contributed by atoms with van der Waals surface area (Å²) in [5.41, 5.74) is 3.12. The van der Waals surface area contributed by atoms with E-state index < -0.39 is 22.0 Å². The third kappa shape index (κ3) is 5.17. The molecule has 0 aliphatic rings. The van der Waals surface area contributed by atoms with Crippen molar-refractivity contribution in [2.45, 2.75) is 23.6 Å². The SMILES string of the molecule is [B]c1cc(O)c2[nH]cc(CC(NS(=O)(=O)c3ccc(C#Cc4ccc(C)cc4)s3)C(=O)O)c2c1. The molecule has 34 heavy (non-hydrogen) atoms. The van der Waals surface area contributed by atoms with Gasteiger partial charge < -0.3 is 15.2 Å². The van der Waals surface area contributed by atoms with Crippen LogP contribution in [0.3, 0.4) is 0 Å². The van der Waals surface area contributed by atoms with Crippen molar-refractivity contribution in [1.82, 2.24) is 9.71 Å². The van der Waals surface area contributed by atoms with Gasteiger partial charge in [-0.3, -0.25) is 4.79 Å². The topological polar surface area (TPSA) is 119 Å². The van der Waals surface area contributed by atoms with Crippen LogP contribution in [0.2, 0.25) is 0 Å². The average molecular weight is 490 g/mol. The summed E-state index contributed by atoms with van der Waals surface area (Å²) in [7, 11) is 1.67. The van der Waals surface area contributed by atoms with E-state index in [1.807, 2.05) is 31.2 Å². The minimum atomic E-state index is -4.11. The molecule has 0 amide bonds. The zero-order valence-electron chi connectivity index (χ0n) is 18.0. The fourth-order valence-electron chi connectivity index (χ4n) is 3.41. The fraction of sp³-hybridized carbons (Fsp3) is 0.125. The zero-order valence-corrected chi connectivity index (χ0v) is 19.6. The van der Waals surface area contributed by atoms with Gasteiger partial charge in [0.05, 0.1) is 10.4 Å². The molecular formula is C24H19BN2O5S2. The molecule has 4 rings (SSSR count). The normalized spacial score (nSPS) is 12.3. The molecule has 2 radical (unpaired) electrons. The number of phenolic OH excluding ortho intramolecular Hbond substituents is 1. The number of nitrogens with one attached hydrogen (secondary N) is 2. The van der Waals surface area contributed by atoms with E-state index in [1.54, 1.807) is 12.1 Å². The lowest BCUT2D eigenvalue weighted by Gasteiger charge is -2.14. The lowest BCUT2D eigenvalue weighted by Crippen LogP contribution is -2.42. The Morgan fingerprint density at radius 2 is 1.91 bits per heavy atom. The maximum absolute atomic E-state index is 12.9. The molecule has 1 unspecified atom stereocenters. The van der Waals surface area contributed by atoms with Gasteiger partial charge in [-0.2, -0.15) is 4.72 Å². The molecule has 0 saturated carbocycles. The molecule has 7 nitrogen and oxygen atoms in total. The first-order valence-electron chi connectivity index (χ1n) is 10.1. The fourth-order valence-corrected chi connectivity index (χ4v) is 5.77. The van der Waals surface area contributed by atoms with Crippen LogP contribution in [-0.2, 0) is 21.2 Å². The van der Waals surface area contributed by atoms with Gasteiger partial charge in [-0.05, 0) is 42.8 Å². The number of H-pyrrole nitrogens is 1. The third-order valence-corrected chi connectivity index (χ3v) is 8.09. The Kier molecular flexibility index (Phi) is 6.53. The number of aliphatic carboxylic acids is 1. The largest absolute Gasteiger partial charge is 0.506 e. The molecule has 2 aromatic heterocycles. The molecule has 4 N–H and O–H groups in total. The molecule has 1 atom stereocenters. The summed E-state index contributed by atoms with van der Waals surface area (Å²) in [4.78, 5) is 15.3. The standard InChI is InChI=1S/C24H19BN2O5S2/c1-14-2-4-15(5-3-14)6-7-18-8-9-22(33-18)34(31,32)27-20(24(29)30)10-16-13-26-23-19(16)11-17(25)12-21(23)28/h2-5,8-9,11-13,20,26-28H,10H2,1H3,(H,29,30). The number of rotatable bonds is 6. The monoisotopic (exact) mass is 490 g/mol.